The summed E-state index contributed by atoms with van der Waals surface area (Å²) in [6.07, 6.45) is 2.42. The van der Waals surface area contributed by atoms with E-state index in [9.17, 15) is 4.79 Å². The van der Waals surface area contributed by atoms with Crippen LogP contribution >= 0.6 is 23.1 Å². The van der Waals surface area contributed by atoms with Gasteiger partial charge in [-0.25, -0.2) is 0 Å². The van der Waals surface area contributed by atoms with Crippen LogP contribution in [-0.2, 0) is 9.53 Å². The molecule has 10 heteroatoms. The van der Waals surface area contributed by atoms with Gasteiger partial charge in [0, 0.05) is 19.2 Å². The maximum Gasteiger partial charge on any atom is 0.234 e. The normalized spacial score (nSPS) is 16.1. The molecule has 2 N–H and O–H groups in total. The zero-order valence-corrected chi connectivity index (χ0v) is 16.8. The fourth-order valence-electron chi connectivity index (χ4n) is 2.57. The van der Waals surface area contributed by atoms with Crippen LogP contribution in [0.15, 0.2) is 22.5 Å². The summed E-state index contributed by atoms with van der Waals surface area (Å²) in [4.78, 5) is 12.3. The van der Waals surface area contributed by atoms with Gasteiger partial charge in [-0.15, -0.1) is 10.2 Å². The predicted octanol–water partition coefficient (Wildman–Crippen LogP) is 2.88. The number of anilines is 2. The minimum Gasteiger partial charge on any atom is -0.497 e. The molecule has 0 saturated carbocycles. The number of carbonyl (C=O) groups excluding carboxylic acids is 1. The Morgan fingerprint density at radius 1 is 1.37 bits per heavy atom. The summed E-state index contributed by atoms with van der Waals surface area (Å²) in [5, 5.41) is 15.0. The summed E-state index contributed by atoms with van der Waals surface area (Å²) in [5.74, 6) is 1.28. The summed E-state index contributed by atoms with van der Waals surface area (Å²) in [5.41, 5.74) is 0.568. The summed E-state index contributed by atoms with van der Waals surface area (Å²) in [6.45, 7) is 1.56. The van der Waals surface area contributed by atoms with Crippen molar-refractivity contribution in [3.63, 3.8) is 0 Å². The number of rotatable bonds is 9. The van der Waals surface area contributed by atoms with Gasteiger partial charge in [0.15, 0.2) is 4.34 Å². The number of methoxy groups -OCH3 is 2. The summed E-state index contributed by atoms with van der Waals surface area (Å²) in [7, 11) is 3.13. The highest BCUT2D eigenvalue weighted by Crippen LogP contribution is 2.30. The van der Waals surface area contributed by atoms with Crippen molar-refractivity contribution in [3.8, 4) is 11.5 Å². The van der Waals surface area contributed by atoms with Crippen molar-refractivity contribution in [1.29, 1.82) is 0 Å². The van der Waals surface area contributed by atoms with Gasteiger partial charge >= 0.3 is 0 Å². The molecule has 1 saturated heterocycles. The van der Waals surface area contributed by atoms with Crippen LogP contribution in [0.2, 0.25) is 0 Å². The smallest absolute Gasteiger partial charge is 0.234 e. The fraction of sp³-hybridized carbons (Fsp3) is 0.471. The zero-order valence-electron chi connectivity index (χ0n) is 15.2. The van der Waals surface area contributed by atoms with E-state index in [0.29, 0.717) is 17.2 Å². The van der Waals surface area contributed by atoms with E-state index in [4.69, 9.17) is 14.2 Å². The summed E-state index contributed by atoms with van der Waals surface area (Å²) in [6, 6.07) is 5.24. The molecular formula is C17H22N4O4S2. The van der Waals surface area contributed by atoms with Gasteiger partial charge in [-0.05, 0) is 25.0 Å². The van der Waals surface area contributed by atoms with Gasteiger partial charge in [-0.3, -0.25) is 4.79 Å². The first-order valence-electron chi connectivity index (χ1n) is 8.51. The molecule has 2 heterocycles. The molecule has 0 radical (unpaired) electrons. The predicted molar refractivity (Wildman–Crippen MR) is 106 cm³/mol. The van der Waals surface area contributed by atoms with E-state index in [-0.39, 0.29) is 17.8 Å². The Morgan fingerprint density at radius 2 is 2.26 bits per heavy atom. The van der Waals surface area contributed by atoms with Crippen LogP contribution in [0.3, 0.4) is 0 Å². The molecule has 146 valence electrons. The second-order valence-corrected chi connectivity index (χ2v) is 7.99. The summed E-state index contributed by atoms with van der Waals surface area (Å²) >= 11 is 2.77. The number of nitrogens with zero attached hydrogens (tertiary/aromatic N) is 2. The number of ether oxygens (including phenoxy) is 3. The lowest BCUT2D eigenvalue weighted by Crippen LogP contribution is -2.18. The molecule has 1 unspecified atom stereocenters. The Labute approximate surface area is 166 Å². The van der Waals surface area contributed by atoms with Crippen molar-refractivity contribution < 1.29 is 19.0 Å². The minimum atomic E-state index is -0.157. The minimum absolute atomic E-state index is 0.157. The third kappa shape index (κ3) is 5.72. The third-order valence-corrected chi connectivity index (χ3v) is 5.93. The molecule has 1 fully saturated rings. The lowest BCUT2D eigenvalue weighted by atomic mass is 10.2. The van der Waals surface area contributed by atoms with Crippen molar-refractivity contribution in [2.24, 2.45) is 0 Å². The molecule has 1 atom stereocenters. The van der Waals surface area contributed by atoms with E-state index in [0.717, 1.165) is 35.5 Å². The molecule has 1 aromatic heterocycles. The molecule has 27 heavy (non-hydrogen) atoms. The first-order valence-corrected chi connectivity index (χ1v) is 10.3. The highest BCUT2D eigenvalue weighted by atomic mass is 32.2. The standard InChI is InChI=1S/C17H22N4O4S2/c1-23-11-5-6-14(24-2)13(8-11)19-15(22)10-26-17-21-20-16(27-17)18-9-12-4-3-7-25-12/h5-6,8,12H,3-4,7,9-10H2,1-2H3,(H,18,20)(H,19,22). The van der Waals surface area contributed by atoms with Crippen molar-refractivity contribution in [1.82, 2.24) is 10.2 Å². The number of hydrogen-bond donors (Lipinski definition) is 2. The molecule has 1 aliphatic rings. The molecule has 0 aliphatic carbocycles. The van der Waals surface area contributed by atoms with Crippen molar-refractivity contribution in [2.45, 2.75) is 23.3 Å². The van der Waals surface area contributed by atoms with Crippen molar-refractivity contribution in [2.75, 3.05) is 43.8 Å². The average molecular weight is 411 g/mol. The van der Waals surface area contributed by atoms with E-state index in [2.05, 4.69) is 20.8 Å². The van der Waals surface area contributed by atoms with E-state index in [1.165, 1.54) is 23.1 Å². The van der Waals surface area contributed by atoms with Crippen LogP contribution in [0.5, 0.6) is 11.5 Å². The molecule has 8 nitrogen and oxygen atoms in total. The number of carbonyl (C=O) groups is 1. The second kappa shape index (κ2) is 9.77. The van der Waals surface area contributed by atoms with Crippen LogP contribution in [0.4, 0.5) is 10.8 Å². The second-order valence-electron chi connectivity index (χ2n) is 5.79. The molecule has 2 aromatic rings. The Morgan fingerprint density at radius 3 is 3.00 bits per heavy atom. The van der Waals surface area contributed by atoms with E-state index >= 15 is 0 Å². The van der Waals surface area contributed by atoms with Crippen LogP contribution in [-0.4, -0.2) is 55.3 Å². The molecule has 1 aromatic carbocycles. The molecule has 1 aliphatic heterocycles. The SMILES string of the molecule is COc1ccc(OC)c(NC(=O)CSc2nnc(NCC3CCCO3)s2)c1. The lowest BCUT2D eigenvalue weighted by molar-refractivity contribution is -0.113. The van der Waals surface area contributed by atoms with Gasteiger partial charge in [0.25, 0.3) is 0 Å². The summed E-state index contributed by atoms with van der Waals surface area (Å²) < 4.78 is 16.8. The Bertz CT molecular complexity index is 765. The molecule has 0 bridgehead atoms. The number of benzene rings is 1. The average Bonchev–Trinajstić information content (AvgIpc) is 3.36. The van der Waals surface area contributed by atoms with Crippen molar-refractivity contribution in [3.05, 3.63) is 18.2 Å². The van der Waals surface area contributed by atoms with E-state index in [1.54, 1.807) is 32.4 Å². The van der Waals surface area contributed by atoms with Crippen LogP contribution in [0, 0.1) is 0 Å². The maximum absolute atomic E-state index is 12.3. The highest BCUT2D eigenvalue weighted by Gasteiger charge is 2.16. The van der Waals surface area contributed by atoms with Crippen LogP contribution in [0.1, 0.15) is 12.8 Å². The number of amides is 1. The molecular weight excluding hydrogens is 388 g/mol. The van der Waals surface area contributed by atoms with Gasteiger partial charge in [0.2, 0.25) is 11.0 Å². The maximum atomic E-state index is 12.3. The first kappa shape index (κ1) is 19.7. The molecule has 3 rings (SSSR count). The first-order chi connectivity index (χ1) is 13.2. The quantitative estimate of drug-likeness (QED) is 0.610. The zero-order chi connectivity index (χ0) is 19.1. The number of nitrogens with one attached hydrogen (secondary N) is 2. The topological polar surface area (TPSA) is 94.6 Å². The van der Waals surface area contributed by atoms with E-state index in [1.807, 2.05) is 0 Å². The van der Waals surface area contributed by atoms with E-state index < -0.39 is 0 Å². The Balaban J connectivity index is 1.48. The third-order valence-electron chi connectivity index (χ3n) is 3.92. The van der Waals surface area contributed by atoms with Gasteiger partial charge in [0.05, 0.1) is 31.8 Å². The van der Waals surface area contributed by atoms with Crippen LogP contribution in [0.25, 0.3) is 0 Å². The van der Waals surface area contributed by atoms with Gasteiger partial charge in [-0.1, -0.05) is 23.1 Å². The number of aromatic nitrogens is 2. The number of thioether (sulfide) groups is 1. The van der Waals surface area contributed by atoms with Gasteiger partial charge in [-0.2, -0.15) is 0 Å². The fourth-order valence-corrected chi connectivity index (χ4v) is 4.13. The Kier molecular flexibility index (Phi) is 7.13. The number of hydrogen-bond acceptors (Lipinski definition) is 9. The van der Waals surface area contributed by atoms with Crippen molar-refractivity contribution >= 4 is 39.8 Å². The molecule has 1 amide bonds. The van der Waals surface area contributed by atoms with Gasteiger partial charge in [0.1, 0.15) is 11.5 Å². The Hall–Kier alpha value is -2.04. The molecule has 0 spiro atoms. The monoisotopic (exact) mass is 410 g/mol. The highest BCUT2D eigenvalue weighted by molar-refractivity contribution is 8.01. The lowest BCUT2D eigenvalue weighted by Gasteiger charge is -2.11. The van der Waals surface area contributed by atoms with Crippen LogP contribution < -0.4 is 20.1 Å². The largest absolute Gasteiger partial charge is 0.497 e. The van der Waals surface area contributed by atoms with Gasteiger partial charge < -0.3 is 24.8 Å².